The van der Waals surface area contributed by atoms with Crippen LogP contribution in [-0.2, 0) is 6.54 Å². The molecular formula is C20H25N5O2S. The highest BCUT2D eigenvalue weighted by molar-refractivity contribution is 7.20. The van der Waals surface area contributed by atoms with Crippen molar-refractivity contribution in [2.45, 2.75) is 33.4 Å². The Bertz CT molecular complexity index is 959. The first-order valence-corrected chi connectivity index (χ1v) is 10.4. The Morgan fingerprint density at radius 2 is 2.07 bits per heavy atom. The molecule has 0 saturated carbocycles. The van der Waals surface area contributed by atoms with Crippen molar-refractivity contribution in [2.24, 2.45) is 0 Å². The average molecular weight is 400 g/mol. The lowest BCUT2D eigenvalue weighted by molar-refractivity contribution is 0.0599. The Morgan fingerprint density at radius 3 is 2.75 bits per heavy atom. The molecule has 3 aromatic rings. The normalized spacial score (nSPS) is 15.5. The van der Waals surface area contributed by atoms with E-state index in [1.54, 1.807) is 12.6 Å². The second-order valence-corrected chi connectivity index (χ2v) is 8.31. The summed E-state index contributed by atoms with van der Waals surface area (Å²) in [5.41, 5.74) is 0.943. The van der Waals surface area contributed by atoms with Gasteiger partial charge < -0.3 is 14.6 Å². The van der Waals surface area contributed by atoms with Gasteiger partial charge in [-0.1, -0.05) is 0 Å². The number of rotatable bonds is 5. The Morgan fingerprint density at radius 1 is 1.29 bits per heavy atom. The minimum atomic E-state index is 0.0980. The molecule has 0 bridgehead atoms. The van der Waals surface area contributed by atoms with Gasteiger partial charge in [-0.05, 0) is 38.5 Å². The summed E-state index contributed by atoms with van der Waals surface area (Å²) in [4.78, 5) is 27.9. The largest absolute Gasteiger partial charge is 0.467 e. The van der Waals surface area contributed by atoms with Crippen LogP contribution in [0.2, 0.25) is 0 Å². The van der Waals surface area contributed by atoms with Crippen LogP contribution in [0.3, 0.4) is 0 Å². The van der Waals surface area contributed by atoms with Gasteiger partial charge in [-0.2, -0.15) is 0 Å². The van der Waals surface area contributed by atoms with E-state index in [4.69, 9.17) is 4.42 Å². The van der Waals surface area contributed by atoms with Gasteiger partial charge in [0.2, 0.25) is 0 Å². The van der Waals surface area contributed by atoms with Gasteiger partial charge in [-0.25, -0.2) is 9.97 Å². The van der Waals surface area contributed by atoms with E-state index in [2.05, 4.69) is 34.0 Å². The molecule has 4 heterocycles. The van der Waals surface area contributed by atoms with Gasteiger partial charge in [0.25, 0.3) is 5.91 Å². The monoisotopic (exact) mass is 399 g/mol. The van der Waals surface area contributed by atoms with Crippen molar-refractivity contribution >= 4 is 33.3 Å². The van der Waals surface area contributed by atoms with Crippen LogP contribution in [0.15, 0.2) is 29.1 Å². The fourth-order valence-electron chi connectivity index (χ4n) is 3.58. The molecule has 1 aliphatic rings. The number of amides is 1. The highest BCUT2D eigenvalue weighted by Crippen LogP contribution is 2.34. The molecule has 28 heavy (non-hydrogen) atoms. The molecule has 148 valence electrons. The zero-order chi connectivity index (χ0) is 19.7. The van der Waals surface area contributed by atoms with Gasteiger partial charge in [0.15, 0.2) is 0 Å². The molecule has 1 aliphatic heterocycles. The summed E-state index contributed by atoms with van der Waals surface area (Å²) in [5.74, 6) is 1.67. The molecular weight excluding hydrogens is 374 g/mol. The highest BCUT2D eigenvalue weighted by Gasteiger charge is 2.27. The number of aromatic nitrogens is 2. The van der Waals surface area contributed by atoms with E-state index in [0.29, 0.717) is 12.6 Å². The van der Waals surface area contributed by atoms with Gasteiger partial charge in [0.1, 0.15) is 22.7 Å². The number of hydrogen-bond acceptors (Lipinski definition) is 7. The molecule has 3 aromatic heterocycles. The molecule has 0 unspecified atom stereocenters. The lowest BCUT2D eigenvalue weighted by Gasteiger charge is -2.36. The van der Waals surface area contributed by atoms with E-state index in [0.717, 1.165) is 58.4 Å². The Balaban J connectivity index is 1.56. The van der Waals surface area contributed by atoms with E-state index in [9.17, 15) is 4.79 Å². The molecule has 0 spiro atoms. The zero-order valence-electron chi connectivity index (χ0n) is 16.4. The molecule has 7 nitrogen and oxygen atoms in total. The van der Waals surface area contributed by atoms with Crippen LogP contribution in [0.4, 0.5) is 5.82 Å². The number of furan rings is 1. The number of thiophene rings is 1. The second-order valence-electron chi connectivity index (χ2n) is 7.31. The zero-order valence-corrected chi connectivity index (χ0v) is 17.3. The Labute approximate surface area is 168 Å². The van der Waals surface area contributed by atoms with Crippen LogP contribution < -0.4 is 5.32 Å². The van der Waals surface area contributed by atoms with Crippen LogP contribution in [0.25, 0.3) is 10.2 Å². The van der Waals surface area contributed by atoms with Crippen LogP contribution in [0.5, 0.6) is 0 Å². The summed E-state index contributed by atoms with van der Waals surface area (Å²) in [5, 5.41) is 4.23. The summed E-state index contributed by atoms with van der Waals surface area (Å²) >= 11 is 1.45. The molecule has 1 fully saturated rings. The third kappa shape index (κ3) is 3.62. The number of nitrogens with one attached hydrogen (secondary N) is 1. The number of fused-ring (bicyclic) bond motifs is 1. The maximum atomic E-state index is 13.2. The summed E-state index contributed by atoms with van der Waals surface area (Å²) in [6, 6.07) is 4.29. The molecule has 0 aliphatic carbocycles. The highest BCUT2D eigenvalue weighted by atomic mass is 32.1. The third-order valence-corrected chi connectivity index (χ3v) is 6.45. The average Bonchev–Trinajstić information content (AvgIpc) is 3.34. The predicted molar refractivity (Wildman–Crippen MR) is 111 cm³/mol. The smallest absolute Gasteiger partial charge is 0.264 e. The summed E-state index contributed by atoms with van der Waals surface area (Å²) in [7, 11) is 0. The quantitative estimate of drug-likeness (QED) is 0.709. The minimum Gasteiger partial charge on any atom is -0.467 e. The number of carbonyl (C=O) groups excluding carboxylic acids is 1. The van der Waals surface area contributed by atoms with Crippen molar-refractivity contribution in [3.63, 3.8) is 0 Å². The first kappa shape index (κ1) is 18.9. The first-order chi connectivity index (χ1) is 13.5. The molecule has 0 radical (unpaired) electrons. The van der Waals surface area contributed by atoms with Crippen molar-refractivity contribution in [1.82, 2.24) is 19.8 Å². The Hall–Kier alpha value is -2.45. The molecule has 4 rings (SSSR count). The topological polar surface area (TPSA) is 74.5 Å². The third-order valence-electron chi connectivity index (χ3n) is 5.26. The van der Waals surface area contributed by atoms with Crippen LogP contribution in [0.1, 0.15) is 34.8 Å². The number of nitrogens with zero attached hydrogens (tertiary/aromatic N) is 4. The standard InChI is InChI=1S/C20H25N5O2S/c1-13(2)24-6-8-25(9-7-24)20(26)17-14(3)16-18(22-12-23-19(16)28-17)21-11-15-5-4-10-27-15/h4-5,10,12-13H,6-9,11H2,1-3H3,(H,21,22,23). The van der Waals surface area contributed by atoms with Crippen LogP contribution in [0, 0.1) is 6.92 Å². The van der Waals surface area contributed by atoms with Gasteiger partial charge >= 0.3 is 0 Å². The fraction of sp³-hybridized carbons (Fsp3) is 0.450. The van der Waals surface area contributed by atoms with Crippen molar-refractivity contribution in [1.29, 1.82) is 0 Å². The second kappa shape index (κ2) is 7.89. The van der Waals surface area contributed by atoms with Gasteiger partial charge in [0.05, 0.1) is 23.1 Å². The number of anilines is 1. The first-order valence-electron chi connectivity index (χ1n) is 9.58. The summed E-state index contributed by atoms with van der Waals surface area (Å²) in [6.45, 7) is 10.3. The fourth-order valence-corrected chi connectivity index (χ4v) is 4.70. The molecule has 1 amide bonds. The minimum absolute atomic E-state index is 0.0980. The van der Waals surface area contributed by atoms with Gasteiger partial charge in [-0.3, -0.25) is 9.69 Å². The lowest BCUT2D eigenvalue weighted by atomic mass is 10.1. The van der Waals surface area contributed by atoms with Crippen LogP contribution in [-0.4, -0.2) is 57.9 Å². The molecule has 0 aromatic carbocycles. The van der Waals surface area contributed by atoms with Crippen molar-refractivity contribution in [2.75, 3.05) is 31.5 Å². The van der Waals surface area contributed by atoms with E-state index in [1.165, 1.54) is 11.3 Å². The van der Waals surface area contributed by atoms with Crippen molar-refractivity contribution < 1.29 is 9.21 Å². The number of piperazine rings is 1. The molecule has 1 saturated heterocycles. The van der Waals surface area contributed by atoms with E-state index in [-0.39, 0.29) is 5.91 Å². The van der Waals surface area contributed by atoms with Gasteiger partial charge in [0, 0.05) is 32.2 Å². The van der Waals surface area contributed by atoms with E-state index < -0.39 is 0 Å². The molecule has 1 N–H and O–H groups in total. The maximum absolute atomic E-state index is 13.2. The summed E-state index contributed by atoms with van der Waals surface area (Å²) < 4.78 is 5.38. The maximum Gasteiger partial charge on any atom is 0.264 e. The number of aryl methyl sites for hydroxylation is 1. The molecule has 8 heteroatoms. The number of carbonyl (C=O) groups is 1. The predicted octanol–water partition coefficient (Wildman–Crippen LogP) is 3.37. The number of hydrogen-bond donors (Lipinski definition) is 1. The molecule has 0 atom stereocenters. The van der Waals surface area contributed by atoms with E-state index >= 15 is 0 Å². The lowest BCUT2D eigenvalue weighted by Crippen LogP contribution is -2.50. The van der Waals surface area contributed by atoms with Gasteiger partial charge in [-0.15, -0.1) is 11.3 Å². The van der Waals surface area contributed by atoms with E-state index in [1.807, 2.05) is 24.0 Å². The summed E-state index contributed by atoms with van der Waals surface area (Å²) in [6.07, 6.45) is 3.19. The van der Waals surface area contributed by atoms with Crippen molar-refractivity contribution in [3.8, 4) is 0 Å². The SMILES string of the molecule is Cc1c(C(=O)N2CCN(C(C)C)CC2)sc2ncnc(NCc3ccco3)c12. The van der Waals surface area contributed by atoms with Crippen LogP contribution >= 0.6 is 11.3 Å². The van der Waals surface area contributed by atoms with Crippen molar-refractivity contribution in [3.05, 3.63) is 40.9 Å². The Kier molecular flexibility index (Phi) is 5.32.